The summed E-state index contributed by atoms with van der Waals surface area (Å²) in [4.78, 5) is 23.2. The minimum atomic E-state index is -0.429. The average Bonchev–Trinajstić information content (AvgIpc) is 3.02. The molecule has 0 saturated carbocycles. The predicted octanol–water partition coefficient (Wildman–Crippen LogP) is -0.706. The van der Waals surface area contributed by atoms with Crippen LogP contribution in [0.2, 0.25) is 0 Å². The van der Waals surface area contributed by atoms with Gasteiger partial charge < -0.3 is 10.6 Å². The highest BCUT2D eigenvalue weighted by Gasteiger charge is 2.23. The van der Waals surface area contributed by atoms with Gasteiger partial charge in [-0.15, -0.1) is 10.2 Å². The first kappa shape index (κ1) is 13.3. The van der Waals surface area contributed by atoms with Crippen LogP contribution in [0, 0.1) is 0 Å². The van der Waals surface area contributed by atoms with Crippen molar-refractivity contribution in [2.45, 2.75) is 6.04 Å². The second kappa shape index (κ2) is 5.71. The summed E-state index contributed by atoms with van der Waals surface area (Å²) >= 11 is 0. The Balaban J connectivity index is 1.69. The molecule has 3 rings (SSSR count). The Morgan fingerprint density at radius 1 is 1.33 bits per heavy atom. The number of benzene rings is 1. The molecule has 1 aromatic heterocycles. The lowest BCUT2D eigenvalue weighted by atomic mass is 10.2. The van der Waals surface area contributed by atoms with E-state index in [0.29, 0.717) is 5.69 Å². The lowest BCUT2D eigenvalue weighted by Gasteiger charge is -2.23. The van der Waals surface area contributed by atoms with Gasteiger partial charge in [-0.1, -0.05) is 6.07 Å². The van der Waals surface area contributed by atoms with Crippen molar-refractivity contribution >= 4 is 17.5 Å². The summed E-state index contributed by atoms with van der Waals surface area (Å²) in [5.74, 6) is -0.287. The molecule has 1 aliphatic heterocycles. The van der Waals surface area contributed by atoms with Gasteiger partial charge in [0.2, 0.25) is 11.8 Å². The van der Waals surface area contributed by atoms with E-state index in [0.717, 1.165) is 5.69 Å². The average molecular weight is 286 g/mol. The quantitative estimate of drug-likeness (QED) is 0.692. The predicted molar refractivity (Wildman–Crippen MR) is 74.8 cm³/mol. The number of hydrogen-bond donors (Lipinski definition) is 3. The lowest BCUT2D eigenvalue weighted by Crippen LogP contribution is -2.56. The van der Waals surface area contributed by atoms with Gasteiger partial charge in [-0.3, -0.25) is 19.5 Å². The molecule has 2 amide bonds. The molecule has 0 radical (unpaired) electrons. The molecule has 0 spiro atoms. The monoisotopic (exact) mass is 286 g/mol. The number of rotatable bonds is 3. The number of hydrogen-bond acceptors (Lipinski definition) is 5. The molecule has 21 heavy (non-hydrogen) atoms. The normalized spacial score (nSPS) is 18.1. The maximum atomic E-state index is 12.1. The minimum absolute atomic E-state index is 0.103. The van der Waals surface area contributed by atoms with Crippen molar-refractivity contribution < 1.29 is 9.59 Å². The number of carbonyl (C=O) groups is 2. The van der Waals surface area contributed by atoms with Crippen LogP contribution >= 0.6 is 0 Å². The molecule has 2 aromatic rings. The summed E-state index contributed by atoms with van der Waals surface area (Å²) in [6.07, 6.45) is 3.16. The van der Waals surface area contributed by atoms with E-state index in [2.05, 4.69) is 26.1 Å². The Hall–Kier alpha value is -2.74. The third-order valence-corrected chi connectivity index (χ3v) is 3.16. The zero-order chi connectivity index (χ0) is 14.7. The van der Waals surface area contributed by atoms with E-state index in [1.807, 2.05) is 18.2 Å². The third-order valence-electron chi connectivity index (χ3n) is 3.16. The van der Waals surface area contributed by atoms with Gasteiger partial charge in [-0.2, -0.15) is 0 Å². The standard InChI is InChI=1S/C13H14N6O2/c20-12-6-14-11(5-15-12)13(21)18-9-2-1-3-10(4-9)19-7-16-17-8-19/h1-4,7-8,11,14H,5-6H2,(H,15,20)(H,18,21). The Labute approximate surface area is 120 Å². The third kappa shape index (κ3) is 3.06. The SMILES string of the molecule is O=C1CNC(C(=O)Nc2cccc(-n3cnnc3)c2)CN1. The van der Waals surface area contributed by atoms with Crippen LogP contribution in [0.15, 0.2) is 36.9 Å². The van der Waals surface area contributed by atoms with E-state index in [9.17, 15) is 9.59 Å². The zero-order valence-electron chi connectivity index (χ0n) is 11.1. The van der Waals surface area contributed by atoms with Crippen LogP contribution in [0.5, 0.6) is 0 Å². The molecule has 8 heteroatoms. The number of carbonyl (C=O) groups excluding carboxylic acids is 2. The maximum Gasteiger partial charge on any atom is 0.243 e. The molecule has 108 valence electrons. The zero-order valence-corrected chi connectivity index (χ0v) is 11.1. The second-order valence-electron chi connectivity index (χ2n) is 4.65. The van der Waals surface area contributed by atoms with Crippen molar-refractivity contribution in [3.05, 3.63) is 36.9 Å². The smallest absolute Gasteiger partial charge is 0.243 e. The second-order valence-corrected chi connectivity index (χ2v) is 4.65. The summed E-state index contributed by atoms with van der Waals surface area (Å²) in [5, 5.41) is 15.8. The summed E-state index contributed by atoms with van der Waals surface area (Å²) in [6, 6.07) is 6.91. The van der Waals surface area contributed by atoms with Crippen molar-refractivity contribution in [3.8, 4) is 5.69 Å². The summed E-state index contributed by atoms with van der Waals surface area (Å²) in [6.45, 7) is 0.439. The van der Waals surface area contributed by atoms with Gasteiger partial charge >= 0.3 is 0 Å². The molecule has 1 saturated heterocycles. The highest BCUT2D eigenvalue weighted by Crippen LogP contribution is 2.14. The van der Waals surface area contributed by atoms with E-state index in [1.54, 1.807) is 23.3 Å². The fourth-order valence-corrected chi connectivity index (χ4v) is 2.06. The first-order valence-corrected chi connectivity index (χ1v) is 6.48. The molecule has 8 nitrogen and oxygen atoms in total. The van der Waals surface area contributed by atoms with Gasteiger partial charge in [-0.25, -0.2) is 0 Å². The van der Waals surface area contributed by atoms with Crippen LogP contribution in [0.25, 0.3) is 5.69 Å². The number of nitrogens with one attached hydrogen (secondary N) is 3. The van der Waals surface area contributed by atoms with Gasteiger partial charge in [0.05, 0.1) is 12.2 Å². The van der Waals surface area contributed by atoms with Crippen molar-refractivity contribution in [2.24, 2.45) is 0 Å². The van der Waals surface area contributed by atoms with Gasteiger partial charge in [-0.05, 0) is 18.2 Å². The largest absolute Gasteiger partial charge is 0.353 e. The van der Waals surface area contributed by atoms with Crippen molar-refractivity contribution in [2.75, 3.05) is 18.4 Å². The van der Waals surface area contributed by atoms with Crippen LogP contribution < -0.4 is 16.0 Å². The Morgan fingerprint density at radius 2 is 2.14 bits per heavy atom. The van der Waals surface area contributed by atoms with Gasteiger partial charge in [0.25, 0.3) is 0 Å². The molecule has 1 fully saturated rings. The topological polar surface area (TPSA) is 101 Å². The van der Waals surface area contributed by atoms with Crippen LogP contribution in [0.3, 0.4) is 0 Å². The molecule has 2 heterocycles. The van der Waals surface area contributed by atoms with E-state index in [-0.39, 0.29) is 24.9 Å². The summed E-state index contributed by atoms with van der Waals surface area (Å²) in [5.41, 5.74) is 1.52. The van der Waals surface area contributed by atoms with Crippen LogP contribution in [0.4, 0.5) is 5.69 Å². The number of aromatic nitrogens is 3. The minimum Gasteiger partial charge on any atom is -0.353 e. The molecule has 1 aliphatic rings. The first-order chi connectivity index (χ1) is 10.2. The van der Waals surface area contributed by atoms with Crippen LogP contribution in [-0.2, 0) is 9.59 Å². The van der Waals surface area contributed by atoms with E-state index in [1.165, 1.54) is 0 Å². The van der Waals surface area contributed by atoms with E-state index < -0.39 is 6.04 Å². The lowest BCUT2D eigenvalue weighted by molar-refractivity contribution is -0.124. The number of nitrogens with zero attached hydrogens (tertiary/aromatic N) is 3. The Morgan fingerprint density at radius 3 is 2.86 bits per heavy atom. The number of piperazine rings is 1. The number of amides is 2. The highest BCUT2D eigenvalue weighted by atomic mass is 16.2. The molecule has 1 atom stereocenters. The Bertz CT molecular complexity index is 644. The van der Waals surface area contributed by atoms with Gasteiger partial charge in [0, 0.05) is 12.2 Å². The molecular weight excluding hydrogens is 272 g/mol. The molecular formula is C13H14N6O2. The fraction of sp³-hybridized carbons (Fsp3) is 0.231. The maximum absolute atomic E-state index is 12.1. The first-order valence-electron chi connectivity index (χ1n) is 6.48. The van der Waals surface area contributed by atoms with Crippen LogP contribution in [-0.4, -0.2) is 45.7 Å². The van der Waals surface area contributed by atoms with Crippen LogP contribution in [0.1, 0.15) is 0 Å². The Kier molecular flexibility index (Phi) is 3.61. The van der Waals surface area contributed by atoms with Crippen molar-refractivity contribution in [1.82, 2.24) is 25.4 Å². The molecule has 0 bridgehead atoms. The van der Waals surface area contributed by atoms with E-state index >= 15 is 0 Å². The number of anilines is 1. The fourth-order valence-electron chi connectivity index (χ4n) is 2.06. The molecule has 1 unspecified atom stereocenters. The van der Waals surface area contributed by atoms with E-state index in [4.69, 9.17) is 0 Å². The summed E-state index contributed by atoms with van der Waals surface area (Å²) < 4.78 is 1.74. The molecule has 1 aromatic carbocycles. The van der Waals surface area contributed by atoms with Crippen molar-refractivity contribution in [3.63, 3.8) is 0 Å². The highest BCUT2D eigenvalue weighted by molar-refractivity contribution is 5.96. The van der Waals surface area contributed by atoms with Crippen molar-refractivity contribution in [1.29, 1.82) is 0 Å². The van der Waals surface area contributed by atoms with Gasteiger partial charge in [0.1, 0.15) is 18.7 Å². The molecule has 0 aliphatic carbocycles. The van der Waals surface area contributed by atoms with Gasteiger partial charge in [0.15, 0.2) is 0 Å². The summed E-state index contributed by atoms with van der Waals surface area (Å²) in [7, 11) is 0. The molecule has 3 N–H and O–H groups in total.